The molecule has 1 aromatic rings. The highest BCUT2D eigenvalue weighted by Crippen LogP contribution is 2.32. The normalized spacial score (nSPS) is 25.1. The van der Waals surface area contributed by atoms with Crippen molar-refractivity contribution in [3.63, 3.8) is 0 Å². The molecule has 3 rings (SSSR count). The van der Waals surface area contributed by atoms with Crippen molar-refractivity contribution in [2.24, 2.45) is 0 Å². The van der Waals surface area contributed by atoms with Crippen molar-refractivity contribution in [2.45, 2.75) is 58.4 Å². The highest BCUT2D eigenvalue weighted by molar-refractivity contribution is 6.23. The van der Waals surface area contributed by atoms with Crippen LogP contribution in [0.25, 0.3) is 0 Å². The number of fused-ring (bicyclic) bond motifs is 1. The van der Waals surface area contributed by atoms with E-state index in [-0.39, 0.29) is 11.1 Å². The van der Waals surface area contributed by atoms with Gasteiger partial charge in [0.25, 0.3) is 0 Å². The number of rotatable bonds is 7. The largest absolute Gasteiger partial charge is 0.463 e. The van der Waals surface area contributed by atoms with Gasteiger partial charge in [0, 0.05) is 44.9 Å². The molecule has 1 fully saturated rings. The Kier molecular flexibility index (Phi) is 8.20. The van der Waals surface area contributed by atoms with Gasteiger partial charge in [-0.05, 0) is 0 Å². The van der Waals surface area contributed by atoms with Crippen LogP contribution in [0.1, 0.15) is 48.4 Å². The number of allylic oxidation sites excluding steroid dienone is 2. The summed E-state index contributed by atoms with van der Waals surface area (Å²) < 4.78 is 32.4. The lowest BCUT2D eigenvalue weighted by molar-refractivity contribution is -0.298. The molecule has 0 radical (unpaired) electrons. The minimum atomic E-state index is -1.63. The summed E-state index contributed by atoms with van der Waals surface area (Å²) in [6.07, 6.45) is -6.32. The van der Waals surface area contributed by atoms with Crippen molar-refractivity contribution >= 4 is 35.4 Å². The second-order valence-electron chi connectivity index (χ2n) is 7.93. The Bertz CT molecular complexity index is 1120. The highest BCUT2D eigenvalue weighted by atomic mass is 16.7. The van der Waals surface area contributed by atoms with Crippen LogP contribution in [-0.4, -0.2) is 72.8 Å². The predicted molar refractivity (Wildman–Crippen MR) is 116 cm³/mol. The van der Waals surface area contributed by atoms with Gasteiger partial charge in [-0.3, -0.25) is 28.8 Å². The summed E-state index contributed by atoms with van der Waals surface area (Å²) >= 11 is 0. The lowest BCUT2D eigenvalue weighted by atomic mass is 9.93. The summed E-state index contributed by atoms with van der Waals surface area (Å²) in [5.41, 5.74) is 0.266. The van der Waals surface area contributed by atoms with Gasteiger partial charge in [-0.2, -0.15) is 0 Å². The molecule has 1 aliphatic heterocycles. The summed E-state index contributed by atoms with van der Waals surface area (Å²) in [5.74, 6) is -4.69. The third-order valence-corrected chi connectivity index (χ3v) is 5.11. The first-order chi connectivity index (χ1) is 17.0. The van der Waals surface area contributed by atoms with Crippen LogP contribution in [-0.2, 0) is 47.6 Å². The fourth-order valence-electron chi connectivity index (χ4n) is 3.79. The first kappa shape index (κ1) is 26.5. The third-order valence-electron chi connectivity index (χ3n) is 5.11. The minimum absolute atomic E-state index is 0.0886. The van der Waals surface area contributed by atoms with E-state index in [2.05, 4.69) is 0 Å². The summed E-state index contributed by atoms with van der Waals surface area (Å²) in [6, 6.07) is 6.10. The topological polar surface area (TPSA) is 158 Å². The number of carbonyl (C=O) groups is 6. The Labute approximate surface area is 205 Å². The molecule has 5 atom stereocenters. The maximum absolute atomic E-state index is 13.0. The average molecular weight is 504 g/mol. The molecule has 12 heteroatoms. The number of carbonyl (C=O) groups excluding carboxylic acids is 6. The summed E-state index contributed by atoms with van der Waals surface area (Å²) in [7, 11) is 0. The summed E-state index contributed by atoms with van der Waals surface area (Å²) in [6.45, 7) is 3.90. The molecule has 1 aliphatic carbocycles. The van der Waals surface area contributed by atoms with E-state index in [1.165, 1.54) is 12.1 Å². The molecule has 2 aliphatic rings. The highest BCUT2D eigenvalue weighted by Gasteiger charge is 2.54. The monoisotopic (exact) mass is 504 g/mol. The zero-order valence-electron chi connectivity index (χ0n) is 19.9. The van der Waals surface area contributed by atoms with Gasteiger partial charge < -0.3 is 28.4 Å². The van der Waals surface area contributed by atoms with Crippen LogP contribution in [0.2, 0.25) is 0 Å². The summed E-state index contributed by atoms with van der Waals surface area (Å²) in [4.78, 5) is 72.6. The number of benzene rings is 1. The minimum Gasteiger partial charge on any atom is -0.463 e. The van der Waals surface area contributed by atoms with E-state index in [9.17, 15) is 28.8 Å². The van der Waals surface area contributed by atoms with Crippen LogP contribution in [0.3, 0.4) is 0 Å². The van der Waals surface area contributed by atoms with Crippen LogP contribution in [0.5, 0.6) is 0 Å². The van der Waals surface area contributed by atoms with E-state index in [4.69, 9.17) is 28.4 Å². The van der Waals surface area contributed by atoms with E-state index >= 15 is 0 Å². The lowest BCUT2D eigenvalue weighted by Crippen LogP contribution is -2.63. The van der Waals surface area contributed by atoms with Gasteiger partial charge in [-0.25, -0.2) is 0 Å². The van der Waals surface area contributed by atoms with Gasteiger partial charge in [0.15, 0.2) is 23.8 Å². The van der Waals surface area contributed by atoms with Crippen LogP contribution >= 0.6 is 0 Å². The number of hydrogen-bond acceptors (Lipinski definition) is 12. The summed E-state index contributed by atoms with van der Waals surface area (Å²) in [5, 5.41) is 0. The number of hydrogen-bond donors (Lipinski definition) is 0. The maximum atomic E-state index is 13.0. The molecule has 0 unspecified atom stereocenters. The number of esters is 4. The Morgan fingerprint density at radius 2 is 1.33 bits per heavy atom. The molecule has 0 N–H and O–H groups in total. The molecule has 0 spiro atoms. The Hall–Kier alpha value is -4.06. The van der Waals surface area contributed by atoms with Crippen molar-refractivity contribution in [3.8, 4) is 0 Å². The van der Waals surface area contributed by atoms with Gasteiger partial charge in [-0.15, -0.1) is 0 Å². The molecular formula is C24H24O12. The fraction of sp³-hybridized carbons (Fsp3) is 0.417. The van der Waals surface area contributed by atoms with Gasteiger partial charge >= 0.3 is 23.9 Å². The van der Waals surface area contributed by atoms with Gasteiger partial charge in [-0.1, -0.05) is 24.3 Å². The molecule has 0 aromatic heterocycles. The SMILES string of the molecule is CC(=O)OC[C@H]1O[C@H](OC2=CC(=O)c3ccccc3C2=O)[C@H](OC(C)=O)[C@@H](OC(C)=O)[C@H]1OC(C)=O. The Balaban J connectivity index is 2.01. The maximum Gasteiger partial charge on any atom is 0.303 e. The second-order valence-corrected chi connectivity index (χ2v) is 7.93. The predicted octanol–water partition coefficient (Wildman–Crippen LogP) is 1.05. The molecule has 0 saturated carbocycles. The standard InChI is InChI=1S/C24H24O12/c1-11(25)31-10-19-21(32-12(2)26)22(33-13(3)27)23(34-14(4)28)24(36-19)35-18-9-17(29)15-7-5-6-8-16(15)20(18)30/h5-9,19,21-24H,10H2,1-4H3/t19-,21+,22+,23-,24+/m1/s1. The van der Waals surface area contributed by atoms with Gasteiger partial charge in [0.1, 0.15) is 12.7 Å². The van der Waals surface area contributed by atoms with Crippen molar-refractivity contribution in [3.05, 3.63) is 47.2 Å². The van der Waals surface area contributed by atoms with E-state index in [0.717, 1.165) is 33.8 Å². The van der Waals surface area contributed by atoms with Crippen molar-refractivity contribution in [1.82, 2.24) is 0 Å². The molecule has 1 aromatic carbocycles. The van der Waals surface area contributed by atoms with E-state index in [0.29, 0.717) is 0 Å². The third kappa shape index (κ3) is 6.13. The molecule has 192 valence electrons. The number of Topliss-reactive ketones (excluding diaryl/α,β-unsaturated/α-hetero) is 1. The van der Waals surface area contributed by atoms with Crippen LogP contribution in [0.4, 0.5) is 0 Å². The lowest BCUT2D eigenvalue weighted by Gasteiger charge is -2.44. The van der Waals surface area contributed by atoms with Crippen LogP contribution < -0.4 is 0 Å². The number of ketones is 2. The smallest absolute Gasteiger partial charge is 0.303 e. The van der Waals surface area contributed by atoms with Crippen molar-refractivity contribution in [2.75, 3.05) is 6.61 Å². The Morgan fingerprint density at radius 1 is 0.778 bits per heavy atom. The quantitative estimate of drug-likeness (QED) is 0.384. The molecule has 0 amide bonds. The molecule has 36 heavy (non-hydrogen) atoms. The molecule has 12 nitrogen and oxygen atoms in total. The molecule has 1 heterocycles. The average Bonchev–Trinajstić information content (AvgIpc) is 2.79. The van der Waals surface area contributed by atoms with E-state index < -0.39 is 78.5 Å². The van der Waals surface area contributed by atoms with Crippen LogP contribution in [0.15, 0.2) is 36.1 Å². The molecule has 1 saturated heterocycles. The number of ether oxygens (including phenoxy) is 6. The van der Waals surface area contributed by atoms with Crippen LogP contribution in [0, 0.1) is 0 Å². The first-order valence-corrected chi connectivity index (χ1v) is 10.8. The van der Waals surface area contributed by atoms with Gasteiger partial charge in [0.2, 0.25) is 18.2 Å². The Morgan fingerprint density at radius 3 is 1.92 bits per heavy atom. The van der Waals surface area contributed by atoms with Crippen molar-refractivity contribution in [1.29, 1.82) is 0 Å². The first-order valence-electron chi connectivity index (χ1n) is 10.8. The van der Waals surface area contributed by atoms with Crippen molar-refractivity contribution < 1.29 is 57.2 Å². The molecular weight excluding hydrogens is 480 g/mol. The zero-order valence-corrected chi connectivity index (χ0v) is 19.9. The van der Waals surface area contributed by atoms with Gasteiger partial charge in [0.05, 0.1) is 0 Å². The van der Waals surface area contributed by atoms with E-state index in [1.54, 1.807) is 12.1 Å². The zero-order chi connectivity index (χ0) is 26.6. The van der Waals surface area contributed by atoms with E-state index in [1.807, 2.05) is 0 Å². The second kappa shape index (κ2) is 11.1. The fourth-order valence-corrected chi connectivity index (χ4v) is 3.79. The molecule has 0 bridgehead atoms.